The third-order valence-electron chi connectivity index (χ3n) is 4.15. The second kappa shape index (κ2) is 10.7. The first-order chi connectivity index (χ1) is 15.3. The van der Waals surface area contributed by atoms with Crippen molar-refractivity contribution in [1.82, 2.24) is 10.0 Å². The molecule has 3 N–H and O–H groups in total. The minimum atomic E-state index is -3.71. The lowest BCUT2D eigenvalue weighted by Crippen LogP contribution is -2.34. The number of furan rings is 1. The Morgan fingerprint density at radius 1 is 1.16 bits per heavy atom. The molecule has 0 aliphatic carbocycles. The highest BCUT2D eigenvalue weighted by molar-refractivity contribution is 9.10. The minimum absolute atomic E-state index is 0.0464. The number of rotatable bonds is 8. The Morgan fingerprint density at radius 3 is 2.56 bits per heavy atom. The molecule has 0 saturated heterocycles. The fourth-order valence-electron chi connectivity index (χ4n) is 2.67. The van der Waals surface area contributed by atoms with E-state index in [1.54, 1.807) is 42.5 Å². The van der Waals surface area contributed by atoms with Crippen LogP contribution in [0.25, 0.3) is 0 Å². The van der Waals surface area contributed by atoms with Gasteiger partial charge in [-0.2, -0.15) is 0 Å². The molecule has 0 radical (unpaired) electrons. The van der Waals surface area contributed by atoms with Crippen LogP contribution >= 0.6 is 28.1 Å². The molecule has 0 aliphatic rings. The largest absolute Gasteiger partial charge is 0.493 e. The van der Waals surface area contributed by atoms with E-state index in [9.17, 15) is 13.2 Å². The number of carbonyl (C=O) groups is 1. The number of halogens is 1. The lowest BCUT2D eigenvalue weighted by Gasteiger charge is -2.13. The van der Waals surface area contributed by atoms with Gasteiger partial charge in [-0.1, -0.05) is 15.9 Å². The number of benzene rings is 2. The summed E-state index contributed by atoms with van der Waals surface area (Å²) in [5.74, 6) is 0.507. The molecule has 0 atom stereocenters. The molecule has 3 aromatic rings. The SMILES string of the molecule is CCOc1ccc(Br)cc1C(=O)NC(=S)Nc1ccc(S(=O)(=O)NCc2ccco2)cc1. The molecule has 8 nitrogen and oxygen atoms in total. The highest BCUT2D eigenvalue weighted by Gasteiger charge is 2.16. The number of hydrogen-bond acceptors (Lipinski definition) is 6. The van der Waals surface area contributed by atoms with E-state index < -0.39 is 15.9 Å². The molecular formula is C21H20BrN3O5S2. The van der Waals surface area contributed by atoms with Gasteiger partial charge < -0.3 is 14.5 Å². The van der Waals surface area contributed by atoms with Crippen LogP contribution in [0.2, 0.25) is 0 Å². The van der Waals surface area contributed by atoms with E-state index in [1.807, 2.05) is 6.92 Å². The molecule has 168 valence electrons. The molecule has 3 rings (SSSR count). The minimum Gasteiger partial charge on any atom is -0.493 e. The first-order valence-corrected chi connectivity index (χ1v) is 12.1. The van der Waals surface area contributed by atoms with Gasteiger partial charge in [-0.15, -0.1) is 0 Å². The number of ether oxygens (including phenoxy) is 1. The predicted molar refractivity (Wildman–Crippen MR) is 128 cm³/mol. The average molecular weight is 538 g/mol. The highest BCUT2D eigenvalue weighted by Crippen LogP contribution is 2.23. The number of anilines is 1. The van der Waals surface area contributed by atoms with Gasteiger partial charge in [-0.3, -0.25) is 10.1 Å². The number of nitrogens with one attached hydrogen (secondary N) is 3. The third kappa shape index (κ3) is 6.39. The van der Waals surface area contributed by atoms with Crippen molar-refractivity contribution in [2.45, 2.75) is 18.4 Å². The Morgan fingerprint density at radius 2 is 1.91 bits per heavy atom. The summed E-state index contributed by atoms with van der Waals surface area (Å²) in [6.45, 7) is 2.29. The number of thiocarbonyl (C=S) groups is 1. The number of sulfonamides is 1. The molecular weight excluding hydrogens is 518 g/mol. The molecule has 1 aromatic heterocycles. The van der Waals surface area contributed by atoms with E-state index in [1.165, 1.54) is 18.4 Å². The van der Waals surface area contributed by atoms with Crippen LogP contribution in [0.5, 0.6) is 5.75 Å². The van der Waals surface area contributed by atoms with Gasteiger partial charge in [-0.25, -0.2) is 13.1 Å². The topological polar surface area (TPSA) is 110 Å². The van der Waals surface area contributed by atoms with Gasteiger partial charge >= 0.3 is 0 Å². The van der Waals surface area contributed by atoms with Crippen molar-refractivity contribution < 1.29 is 22.4 Å². The van der Waals surface area contributed by atoms with Crippen molar-refractivity contribution in [3.05, 3.63) is 76.7 Å². The fourth-order valence-corrected chi connectivity index (χ4v) is 4.24. The van der Waals surface area contributed by atoms with Crippen molar-refractivity contribution in [1.29, 1.82) is 0 Å². The van der Waals surface area contributed by atoms with Gasteiger partial charge in [-0.05, 0) is 73.7 Å². The molecule has 32 heavy (non-hydrogen) atoms. The van der Waals surface area contributed by atoms with Crippen molar-refractivity contribution in [3.63, 3.8) is 0 Å². The van der Waals surface area contributed by atoms with E-state index >= 15 is 0 Å². The van der Waals surface area contributed by atoms with E-state index in [4.69, 9.17) is 21.4 Å². The van der Waals surface area contributed by atoms with Gasteiger partial charge in [0.25, 0.3) is 5.91 Å². The van der Waals surface area contributed by atoms with Crippen molar-refractivity contribution in [3.8, 4) is 5.75 Å². The normalized spacial score (nSPS) is 11.1. The van der Waals surface area contributed by atoms with E-state index in [0.717, 1.165) is 4.47 Å². The fraction of sp³-hybridized carbons (Fsp3) is 0.143. The predicted octanol–water partition coefficient (Wildman–Crippen LogP) is 4.05. The zero-order valence-electron chi connectivity index (χ0n) is 16.9. The summed E-state index contributed by atoms with van der Waals surface area (Å²) in [6.07, 6.45) is 1.47. The first-order valence-electron chi connectivity index (χ1n) is 9.45. The molecule has 0 aliphatic heterocycles. The summed E-state index contributed by atoms with van der Waals surface area (Å²) in [5.41, 5.74) is 0.842. The monoisotopic (exact) mass is 537 g/mol. The molecule has 0 saturated carbocycles. The van der Waals surface area contributed by atoms with Gasteiger partial charge in [0.05, 0.1) is 29.9 Å². The maximum Gasteiger partial charge on any atom is 0.261 e. The molecule has 2 aromatic carbocycles. The van der Waals surface area contributed by atoms with Gasteiger partial charge in [0.15, 0.2) is 5.11 Å². The number of carbonyl (C=O) groups excluding carboxylic acids is 1. The lowest BCUT2D eigenvalue weighted by atomic mass is 10.2. The Hall–Kier alpha value is -2.73. The van der Waals surface area contributed by atoms with Crippen LogP contribution in [0.1, 0.15) is 23.0 Å². The van der Waals surface area contributed by atoms with Crippen molar-refractivity contribution in [2.75, 3.05) is 11.9 Å². The zero-order chi connectivity index (χ0) is 23.1. The van der Waals surface area contributed by atoms with Gasteiger partial charge in [0.2, 0.25) is 10.0 Å². The molecule has 0 unspecified atom stereocenters. The summed E-state index contributed by atoms with van der Waals surface area (Å²) in [7, 11) is -3.71. The van der Waals surface area contributed by atoms with Crippen LogP contribution in [0, 0.1) is 0 Å². The lowest BCUT2D eigenvalue weighted by molar-refractivity contribution is 0.0974. The summed E-state index contributed by atoms with van der Waals surface area (Å²) in [4.78, 5) is 12.7. The molecule has 11 heteroatoms. The smallest absolute Gasteiger partial charge is 0.261 e. The van der Waals surface area contributed by atoms with Crippen LogP contribution in [0.4, 0.5) is 5.69 Å². The molecule has 0 bridgehead atoms. The summed E-state index contributed by atoms with van der Waals surface area (Å²) in [5, 5.41) is 5.51. The van der Waals surface area contributed by atoms with Crippen LogP contribution in [0.3, 0.4) is 0 Å². The summed E-state index contributed by atoms with van der Waals surface area (Å²) < 4.78 is 38.6. The molecule has 1 amide bonds. The standard InChI is InChI=1S/C21H20BrN3O5S2/c1-2-29-19-10-5-14(22)12-18(19)20(26)25-21(31)24-15-6-8-17(9-7-15)32(27,28)23-13-16-4-3-11-30-16/h3-12,23H,2,13H2,1H3,(H2,24,25,26,31). The van der Waals surface area contributed by atoms with Gasteiger partial charge in [0.1, 0.15) is 11.5 Å². The van der Waals surface area contributed by atoms with Crippen molar-refractivity contribution >= 4 is 54.9 Å². The van der Waals surface area contributed by atoms with E-state index in [0.29, 0.717) is 29.4 Å². The van der Waals surface area contributed by atoms with Crippen molar-refractivity contribution in [2.24, 2.45) is 0 Å². The van der Waals surface area contributed by atoms with Crippen LogP contribution in [-0.2, 0) is 16.6 Å². The first kappa shape index (κ1) is 23.9. The Balaban J connectivity index is 1.61. The molecule has 0 spiro atoms. The second-order valence-electron chi connectivity index (χ2n) is 6.41. The third-order valence-corrected chi connectivity index (χ3v) is 6.27. The maximum atomic E-state index is 12.6. The maximum absolute atomic E-state index is 12.6. The van der Waals surface area contributed by atoms with Crippen LogP contribution < -0.4 is 20.1 Å². The average Bonchev–Trinajstić information content (AvgIpc) is 3.28. The number of amides is 1. The molecule has 1 heterocycles. The number of hydrogen-bond donors (Lipinski definition) is 3. The van der Waals surface area contributed by atoms with Gasteiger partial charge in [0, 0.05) is 10.2 Å². The Labute approximate surface area is 199 Å². The van der Waals surface area contributed by atoms with E-state index in [-0.39, 0.29) is 16.6 Å². The van der Waals surface area contributed by atoms with Crippen LogP contribution in [-0.4, -0.2) is 26.0 Å². The second-order valence-corrected chi connectivity index (χ2v) is 9.50. The highest BCUT2D eigenvalue weighted by atomic mass is 79.9. The Bertz CT molecular complexity index is 1200. The quantitative estimate of drug-likeness (QED) is 0.372. The van der Waals surface area contributed by atoms with Crippen LogP contribution in [0.15, 0.2) is 74.6 Å². The summed E-state index contributed by atoms with van der Waals surface area (Å²) >= 11 is 8.55. The molecule has 0 fully saturated rings. The summed E-state index contributed by atoms with van der Waals surface area (Å²) in [6, 6.07) is 14.4. The van der Waals surface area contributed by atoms with E-state index in [2.05, 4.69) is 31.3 Å². The Kier molecular flexibility index (Phi) is 8.02. The zero-order valence-corrected chi connectivity index (χ0v) is 20.1.